The molecule has 0 saturated carbocycles. The quantitative estimate of drug-likeness (QED) is 0.650. The highest BCUT2D eigenvalue weighted by Crippen LogP contribution is 2.18. The van der Waals surface area contributed by atoms with Crippen LogP contribution in [-0.2, 0) is 11.8 Å². The Hall–Kier alpha value is -2.58. The van der Waals surface area contributed by atoms with Crippen molar-refractivity contribution in [2.45, 2.75) is 5.16 Å². The molecule has 3 rings (SSSR count). The van der Waals surface area contributed by atoms with Gasteiger partial charge in [0.1, 0.15) is 0 Å². The number of carbonyl (C=O) groups excluding carboxylic acids is 2. The van der Waals surface area contributed by atoms with Gasteiger partial charge in [0.15, 0.2) is 5.16 Å². The first-order chi connectivity index (χ1) is 12.1. The van der Waals surface area contributed by atoms with Gasteiger partial charge in [0.25, 0.3) is 5.91 Å². The lowest BCUT2D eigenvalue weighted by Crippen LogP contribution is -2.14. The lowest BCUT2D eigenvalue weighted by Gasteiger charge is -2.07. The number of thiophene rings is 1. The molecular formula is C17H16N4O2S2. The van der Waals surface area contributed by atoms with E-state index < -0.39 is 0 Å². The molecule has 2 aromatic heterocycles. The molecule has 2 amide bonds. The van der Waals surface area contributed by atoms with Crippen LogP contribution < -0.4 is 10.6 Å². The number of thioether (sulfide) groups is 1. The van der Waals surface area contributed by atoms with Crippen LogP contribution in [0.25, 0.3) is 0 Å². The van der Waals surface area contributed by atoms with E-state index in [0.29, 0.717) is 16.3 Å². The van der Waals surface area contributed by atoms with E-state index in [1.807, 2.05) is 29.3 Å². The Bertz CT molecular complexity index is 857. The largest absolute Gasteiger partial charge is 0.329 e. The molecule has 8 heteroatoms. The number of imidazole rings is 1. The molecule has 25 heavy (non-hydrogen) atoms. The summed E-state index contributed by atoms with van der Waals surface area (Å²) in [5.74, 6) is 0.0310. The second kappa shape index (κ2) is 8.00. The summed E-state index contributed by atoms with van der Waals surface area (Å²) in [6.45, 7) is 0. The minimum atomic E-state index is -0.141. The molecule has 0 bridgehead atoms. The van der Waals surface area contributed by atoms with E-state index in [2.05, 4.69) is 15.6 Å². The number of nitrogens with one attached hydrogen (secondary N) is 2. The summed E-state index contributed by atoms with van der Waals surface area (Å²) in [7, 11) is 1.89. The minimum Gasteiger partial charge on any atom is -0.329 e. The molecule has 2 N–H and O–H groups in total. The summed E-state index contributed by atoms with van der Waals surface area (Å²) in [5, 5.41) is 8.29. The number of carbonyl (C=O) groups is 2. The summed E-state index contributed by atoms with van der Waals surface area (Å²) >= 11 is 2.76. The van der Waals surface area contributed by atoms with Crippen molar-refractivity contribution in [3.8, 4) is 0 Å². The molecule has 1 aromatic carbocycles. The molecule has 0 aliphatic rings. The molecular weight excluding hydrogens is 356 g/mol. The van der Waals surface area contributed by atoms with Gasteiger partial charge in [-0.1, -0.05) is 17.8 Å². The van der Waals surface area contributed by atoms with Gasteiger partial charge in [-0.3, -0.25) is 9.59 Å². The third-order valence-corrected chi connectivity index (χ3v) is 5.21. The smallest absolute Gasteiger partial charge is 0.265 e. The molecule has 0 fully saturated rings. The molecule has 0 radical (unpaired) electrons. The molecule has 6 nitrogen and oxygen atoms in total. The average Bonchev–Trinajstić information content (AvgIpc) is 3.26. The van der Waals surface area contributed by atoms with E-state index in [0.717, 1.165) is 5.16 Å². The first-order valence-corrected chi connectivity index (χ1v) is 9.33. The second-order valence-electron chi connectivity index (χ2n) is 5.17. The first kappa shape index (κ1) is 17.2. The van der Waals surface area contributed by atoms with E-state index in [1.54, 1.807) is 36.5 Å². The third kappa shape index (κ3) is 4.71. The van der Waals surface area contributed by atoms with E-state index in [1.165, 1.54) is 23.1 Å². The second-order valence-corrected chi connectivity index (χ2v) is 7.06. The Kier molecular flexibility index (Phi) is 5.52. The summed E-state index contributed by atoms with van der Waals surface area (Å²) < 4.78 is 1.86. The van der Waals surface area contributed by atoms with Crippen molar-refractivity contribution in [3.63, 3.8) is 0 Å². The fourth-order valence-corrected chi connectivity index (χ4v) is 3.41. The van der Waals surface area contributed by atoms with Gasteiger partial charge >= 0.3 is 0 Å². The Morgan fingerprint density at radius 2 is 1.88 bits per heavy atom. The third-order valence-electron chi connectivity index (χ3n) is 3.28. The van der Waals surface area contributed by atoms with Crippen molar-refractivity contribution < 1.29 is 9.59 Å². The van der Waals surface area contributed by atoms with Crippen LogP contribution in [0.1, 0.15) is 9.67 Å². The van der Waals surface area contributed by atoms with Crippen LogP contribution in [0.2, 0.25) is 0 Å². The predicted octanol–water partition coefficient (Wildman–Crippen LogP) is 3.46. The number of benzene rings is 1. The first-order valence-electron chi connectivity index (χ1n) is 7.47. The van der Waals surface area contributed by atoms with Crippen LogP contribution in [0, 0.1) is 0 Å². The molecule has 0 aliphatic heterocycles. The van der Waals surface area contributed by atoms with Crippen molar-refractivity contribution in [1.29, 1.82) is 0 Å². The van der Waals surface area contributed by atoms with Crippen molar-refractivity contribution in [3.05, 3.63) is 59.0 Å². The summed E-state index contributed by atoms with van der Waals surface area (Å²) in [4.78, 5) is 28.8. The van der Waals surface area contributed by atoms with Crippen molar-refractivity contribution >= 4 is 46.3 Å². The van der Waals surface area contributed by atoms with Gasteiger partial charge < -0.3 is 15.2 Å². The zero-order valence-electron chi connectivity index (χ0n) is 13.4. The maximum atomic E-state index is 12.0. The van der Waals surface area contributed by atoms with E-state index in [9.17, 15) is 9.59 Å². The number of aryl methyl sites for hydroxylation is 1. The number of anilines is 2. The number of amides is 2. The number of hydrogen-bond donors (Lipinski definition) is 2. The molecule has 0 saturated heterocycles. The standard InChI is InChI=1S/C17H16N4O2S2/c1-21-9-8-18-17(21)25-11-15(22)19-12-4-6-13(7-5-12)20-16(23)14-3-2-10-24-14/h2-10H,11H2,1H3,(H,19,22)(H,20,23). The average molecular weight is 372 g/mol. The Morgan fingerprint density at radius 3 is 2.48 bits per heavy atom. The number of aromatic nitrogens is 2. The normalized spacial score (nSPS) is 10.4. The summed E-state index contributed by atoms with van der Waals surface area (Å²) in [6, 6.07) is 10.6. The number of nitrogens with zero attached hydrogens (tertiary/aromatic N) is 2. The highest BCUT2D eigenvalue weighted by Gasteiger charge is 2.08. The van der Waals surface area contributed by atoms with Crippen LogP contribution in [0.3, 0.4) is 0 Å². The Labute approximate surface area is 153 Å². The van der Waals surface area contributed by atoms with Gasteiger partial charge in [0, 0.05) is 30.8 Å². The summed E-state index contributed by atoms with van der Waals surface area (Å²) in [6.07, 6.45) is 3.53. The Balaban J connectivity index is 1.51. The van der Waals surface area contributed by atoms with Crippen molar-refractivity contribution in [2.24, 2.45) is 7.05 Å². The zero-order valence-corrected chi connectivity index (χ0v) is 15.1. The van der Waals surface area contributed by atoms with Crippen LogP contribution in [-0.4, -0.2) is 27.1 Å². The highest BCUT2D eigenvalue weighted by molar-refractivity contribution is 7.99. The lowest BCUT2D eigenvalue weighted by atomic mass is 10.2. The van der Waals surface area contributed by atoms with E-state index in [-0.39, 0.29) is 17.6 Å². The summed E-state index contributed by atoms with van der Waals surface area (Å²) in [5.41, 5.74) is 1.36. The predicted molar refractivity (Wildman–Crippen MR) is 101 cm³/mol. The fraction of sp³-hybridized carbons (Fsp3) is 0.118. The van der Waals surface area contributed by atoms with Gasteiger partial charge in [-0.25, -0.2) is 4.98 Å². The van der Waals surface area contributed by atoms with Crippen LogP contribution >= 0.6 is 23.1 Å². The maximum absolute atomic E-state index is 12.0. The number of hydrogen-bond acceptors (Lipinski definition) is 5. The molecule has 128 valence electrons. The SMILES string of the molecule is Cn1ccnc1SCC(=O)Nc1ccc(NC(=O)c2cccs2)cc1. The molecule has 0 atom stereocenters. The zero-order chi connectivity index (χ0) is 17.6. The molecule has 3 aromatic rings. The molecule has 0 unspecified atom stereocenters. The lowest BCUT2D eigenvalue weighted by molar-refractivity contribution is -0.113. The van der Waals surface area contributed by atoms with Crippen LogP contribution in [0.5, 0.6) is 0 Å². The topological polar surface area (TPSA) is 76.0 Å². The van der Waals surface area contributed by atoms with Crippen LogP contribution in [0.4, 0.5) is 11.4 Å². The molecule has 0 spiro atoms. The van der Waals surface area contributed by atoms with Gasteiger partial charge in [-0.2, -0.15) is 0 Å². The monoisotopic (exact) mass is 372 g/mol. The van der Waals surface area contributed by atoms with Crippen LogP contribution in [0.15, 0.2) is 59.3 Å². The minimum absolute atomic E-state index is 0.108. The number of rotatable bonds is 6. The molecule has 0 aliphatic carbocycles. The molecule has 2 heterocycles. The van der Waals surface area contributed by atoms with Crippen molar-refractivity contribution in [1.82, 2.24) is 9.55 Å². The van der Waals surface area contributed by atoms with Gasteiger partial charge in [0.2, 0.25) is 5.91 Å². The highest BCUT2D eigenvalue weighted by atomic mass is 32.2. The maximum Gasteiger partial charge on any atom is 0.265 e. The van der Waals surface area contributed by atoms with Gasteiger partial charge in [0.05, 0.1) is 10.6 Å². The fourth-order valence-electron chi connectivity index (χ4n) is 2.06. The van der Waals surface area contributed by atoms with Crippen molar-refractivity contribution in [2.75, 3.05) is 16.4 Å². The van der Waals surface area contributed by atoms with E-state index >= 15 is 0 Å². The van der Waals surface area contributed by atoms with Gasteiger partial charge in [-0.15, -0.1) is 11.3 Å². The van der Waals surface area contributed by atoms with E-state index in [4.69, 9.17) is 0 Å². The van der Waals surface area contributed by atoms with Gasteiger partial charge in [-0.05, 0) is 35.7 Å². The Morgan fingerprint density at radius 1 is 1.16 bits per heavy atom.